The van der Waals surface area contributed by atoms with Crippen molar-refractivity contribution in [2.45, 2.75) is 59.3 Å². The molecule has 0 aliphatic heterocycles. The van der Waals surface area contributed by atoms with E-state index in [1.165, 1.54) is 0 Å². The number of benzene rings is 1. The van der Waals surface area contributed by atoms with Crippen LogP contribution in [0.3, 0.4) is 0 Å². The number of nitrogens with zero attached hydrogens (tertiary/aromatic N) is 1. The van der Waals surface area contributed by atoms with Crippen molar-refractivity contribution in [3.63, 3.8) is 0 Å². The monoisotopic (exact) mass is 347 g/mol. The van der Waals surface area contributed by atoms with Gasteiger partial charge < -0.3 is 10.1 Å². The van der Waals surface area contributed by atoms with Crippen molar-refractivity contribution in [1.82, 2.24) is 5.43 Å². The number of amides is 2. The molecular weight excluding hydrogens is 318 g/mol. The maximum atomic E-state index is 11.9. The van der Waals surface area contributed by atoms with Crippen LogP contribution in [-0.2, 0) is 9.59 Å². The molecule has 0 bridgehead atoms. The zero-order valence-corrected chi connectivity index (χ0v) is 15.4. The number of anilines is 1. The van der Waals surface area contributed by atoms with Gasteiger partial charge in [0.15, 0.2) is 0 Å². The van der Waals surface area contributed by atoms with Gasteiger partial charge in [-0.3, -0.25) is 9.59 Å². The predicted molar refractivity (Wildman–Crippen MR) is 101 cm³/mol. The van der Waals surface area contributed by atoms with E-state index in [1.54, 1.807) is 24.3 Å². The number of carbonyl (C=O) groups excluding carboxylic acids is 2. The number of rotatable bonds is 11. The van der Waals surface area contributed by atoms with Crippen LogP contribution in [0.4, 0.5) is 5.69 Å². The number of nitrogens with one attached hydrogen (secondary N) is 2. The van der Waals surface area contributed by atoms with E-state index in [4.69, 9.17) is 4.74 Å². The molecule has 0 aliphatic rings. The van der Waals surface area contributed by atoms with Crippen LogP contribution in [0.25, 0.3) is 0 Å². The minimum atomic E-state index is -0.253. The predicted octanol–water partition coefficient (Wildman–Crippen LogP) is 3.88. The fourth-order valence-electron chi connectivity index (χ4n) is 2.15. The molecule has 0 fully saturated rings. The summed E-state index contributed by atoms with van der Waals surface area (Å²) in [6, 6.07) is 7.13. The third-order valence-corrected chi connectivity index (χ3v) is 3.54. The normalized spacial score (nSPS) is 11.1. The van der Waals surface area contributed by atoms with Gasteiger partial charge in [0.05, 0.1) is 6.61 Å². The Hall–Kier alpha value is -2.37. The van der Waals surface area contributed by atoms with Gasteiger partial charge in [0.1, 0.15) is 5.75 Å². The highest BCUT2D eigenvalue weighted by Crippen LogP contribution is 2.15. The number of hydrogen-bond donors (Lipinski definition) is 2. The summed E-state index contributed by atoms with van der Waals surface area (Å²) in [6.07, 6.45) is 4.49. The van der Waals surface area contributed by atoms with Crippen molar-refractivity contribution in [2.24, 2.45) is 5.10 Å². The summed E-state index contributed by atoms with van der Waals surface area (Å²) in [5.41, 5.74) is 4.09. The standard InChI is InChI=1S/C19H29N3O3/c1-4-6-7-8-15(3)21-22-19(24)14-13-18(23)20-16-9-11-17(12-10-16)25-5-2/h9-12H,4-8,13-14H2,1-3H3,(H,20,23)(H,22,24)/b21-15+. The second kappa shape index (κ2) is 12.1. The van der Waals surface area contributed by atoms with Gasteiger partial charge in [0.2, 0.25) is 11.8 Å². The van der Waals surface area contributed by atoms with Crippen molar-refractivity contribution in [2.75, 3.05) is 11.9 Å². The Morgan fingerprint density at radius 2 is 1.68 bits per heavy atom. The molecule has 2 N–H and O–H groups in total. The highest BCUT2D eigenvalue weighted by atomic mass is 16.5. The van der Waals surface area contributed by atoms with E-state index in [2.05, 4.69) is 22.8 Å². The third-order valence-electron chi connectivity index (χ3n) is 3.54. The zero-order chi connectivity index (χ0) is 18.5. The molecule has 0 aliphatic carbocycles. The van der Waals surface area contributed by atoms with Gasteiger partial charge in [-0.15, -0.1) is 0 Å². The van der Waals surface area contributed by atoms with E-state index < -0.39 is 0 Å². The lowest BCUT2D eigenvalue weighted by molar-refractivity contribution is -0.124. The number of carbonyl (C=O) groups is 2. The first-order chi connectivity index (χ1) is 12.0. The van der Waals surface area contributed by atoms with Gasteiger partial charge >= 0.3 is 0 Å². The summed E-state index contributed by atoms with van der Waals surface area (Å²) < 4.78 is 5.34. The summed E-state index contributed by atoms with van der Waals surface area (Å²) in [4.78, 5) is 23.6. The molecule has 1 rings (SSSR count). The first-order valence-corrected chi connectivity index (χ1v) is 8.89. The fourth-order valence-corrected chi connectivity index (χ4v) is 2.15. The van der Waals surface area contributed by atoms with Crippen LogP contribution in [0, 0.1) is 0 Å². The van der Waals surface area contributed by atoms with Gasteiger partial charge in [0.25, 0.3) is 0 Å². The summed E-state index contributed by atoms with van der Waals surface area (Å²) in [5.74, 6) is 0.298. The van der Waals surface area contributed by atoms with Gasteiger partial charge in [-0.1, -0.05) is 19.8 Å². The lowest BCUT2D eigenvalue weighted by atomic mass is 10.1. The molecule has 1 aromatic carbocycles. The lowest BCUT2D eigenvalue weighted by Gasteiger charge is -2.07. The van der Waals surface area contributed by atoms with Crippen molar-refractivity contribution in [3.8, 4) is 5.75 Å². The molecular formula is C19H29N3O3. The molecule has 0 heterocycles. The van der Waals surface area contributed by atoms with E-state index in [-0.39, 0.29) is 24.7 Å². The average Bonchev–Trinajstić information content (AvgIpc) is 2.60. The van der Waals surface area contributed by atoms with Crippen molar-refractivity contribution in [3.05, 3.63) is 24.3 Å². The minimum Gasteiger partial charge on any atom is -0.494 e. The third kappa shape index (κ3) is 9.49. The van der Waals surface area contributed by atoms with E-state index in [0.29, 0.717) is 12.3 Å². The largest absolute Gasteiger partial charge is 0.494 e. The molecule has 138 valence electrons. The molecule has 6 nitrogen and oxygen atoms in total. The SMILES string of the molecule is CCCCC/C(C)=N/NC(=O)CCC(=O)Nc1ccc(OCC)cc1. The van der Waals surface area contributed by atoms with Crippen LogP contribution in [0.1, 0.15) is 59.3 Å². The highest BCUT2D eigenvalue weighted by Gasteiger charge is 2.07. The Balaban J connectivity index is 2.28. The molecule has 0 saturated heterocycles. The highest BCUT2D eigenvalue weighted by molar-refractivity contribution is 5.93. The lowest BCUT2D eigenvalue weighted by Crippen LogP contribution is -2.21. The molecule has 0 spiro atoms. The summed E-state index contributed by atoms with van der Waals surface area (Å²) in [6.45, 7) is 6.56. The Morgan fingerprint density at radius 3 is 2.32 bits per heavy atom. The fraction of sp³-hybridized carbons (Fsp3) is 0.526. The molecule has 1 aromatic rings. The second-order valence-corrected chi connectivity index (χ2v) is 5.84. The first-order valence-electron chi connectivity index (χ1n) is 8.89. The quantitative estimate of drug-likeness (QED) is 0.362. The van der Waals surface area contributed by atoms with Crippen molar-refractivity contribution >= 4 is 23.2 Å². The van der Waals surface area contributed by atoms with Crippen LogP contribution >= 0.6 is 0 Å². The molecule has 0 radical (unpaired) electrons. The van der Waals surface area contributed by atoms with Crippen molar-refractivity contribution in [1.29, 1.82) is 0 Å². The van der Waals surface area contributed by atoms with Gasteiger partial charge in [-0.25, -0.2) is 5.43 Å². The van der Waals surface area contributed by atoms with Crippen LogP contribution in [-0.4, -0.2) is 24.1 Å². The van der Waals surface area contributed by atoms with E-state index in [0.717, 1.165) is 37.1 Å². The Kier molecular flexibility index (Phi) is 9.97. The molecule has 0 saturated carbocycles. The average molecular weight is 347 g/mol. The molecule has 0 aromatic heterocycles. The van der Waals surface area contributed by atoms with E-state index in [9.17, 15) is 9.59 Å². The number of unbranched alkanes of at least 4 members (excludes halogenated alkanes) is 2. The van der Waals surface area contributed by atoms with Crippen LogP contribution in [0.5, 0.6) is 5.75 Å². The second-order valence-electron chi connectivity index (χ2n) is 5.84. The summed E-state index contributed by atoms with van der Waals surface area (Å²) in [5, 5.41) is 6.81. The maximum Gasteiger partial charge on any atom is 0.240 e. The number of ether oxygens (including phenoxy) is 1. The zero-order valence-electron chi connectivity index (χ0n) is 15.4. The Bertz CT molecular complexity index is 568. The minimum absolute atomic E-state index is 0.106. The van der Waals surface area contributed by atoms with E-state index in [1.807, 2.05) is 13.8 Å². The van der Waals surface area contributed by atoms with Crippen LogP contribution < -0.4 is 15.5 Å². The van der Waals surface area contributed by atoms with Gasteiger partial charge in [-0.2, -0.15) is 5.10 Å². The van der Waals surface area contributed by atoms with Crippen LogP contribution in [0.15, 0.2) is 29.4 Å². The van der Waals surface area contributed by atoms with Crippen LogP contribution in [0.2, 0.25) is 0 Å². The van der Waals surface area contributed by atoms with Crippen molar-refractivity contribution < 1.29 is 14.3 Å². The molecule has 2 amide bonds. The topological polar surface area (TPSA) is 79.8 Å². The summed E-state index contributed by atoms with van der Waals surface area (Å²) in [7, 11) is 0. The maximum absolute atomic E-state index is 11.9. The Morgan fingerprint density at radius 1 is 1.00 bits per heavy atom. The number of hydrogen-bond acceptors (Lipinski definition) is 4. The first kappa shape index (κ1) is 20.7. The van der Waals surface area contributed by atoms with E-state index >= 15 is 0 Å². The number of hydrazone groups is 1. The smallest absolute Gasteiger partial charge is 0.240 e. The Labute approximate surface area is 150 Å². The molecule has 0 unspecified atom stereocenters. The summed E-state index contributed by atoms with van der Waals surface area (Å²) >= 11 is 0. The molecule has 6 heteroatoms. The van der Waals surface area contributed by atoms with Gasteiger partial charge in [0, 0.05) is 24.2 Å². The van der Waals surface area contributed by atoms with Gasteiger partial charge in [-0.05, 0) is 51.0 Å². The molecule has 25 heavy (non-hydrogen) atoms. The molecule has 0 atom stereocenters.